The van der Waals surface area contributed by atoms with E-state index in [4.69, 9.17) is 4.74 Å². The van der Waals surface area contributed by atoms with Crippen molar-refractivity contribution in [3.8, 4) is 0 Å². The summed E-state index contributed by atoms with van der Waals surface area (Å²) >= 11 is 0. The fourth-order valence-electron chi connectivity index (χ4n) is 2.97. The second-order valence-electron chi connectivity index (χ2n) is 6.06. The number of aryl methyl sites for hydroxylation is 2. The van der Waals surface area contributed by atoms with Gasteiger partial charge in [0.05, 0.1) is 19.3 Å². The molecule has 1 fully saturated rings. The maximum Gasteiger partial charge on any atom is 0.0900 e. The van der Waals surface area contributed by atoms with E-state index in [9.17, 15) is 5.11 Å². The van der Waals surface area contributed by atoms with Crippen LogP contribution < -0.4 is 4.90 Å². The average molecular weight is 304 g/mol. The van der Waals surface area contributed by atoms with Crippen LogP contribution in [-0.4, -0.2) is 62.0 Å². The molecule has 1 aliphatic heterocycles. The van der Waals surface area contributed by atoms with E-state index in [1.165, 1.54) is 16.8 Å². The van der Waals surface area contributed by atoms with Gasteiger partial charge >= 0.3 is 0 Å². The molecule has 0 spiro atoms. The molecule has 4 nitrogen and oxygen atoms in total. The Morgan fingerprint density at radius 2 is 2.00 bits per heavy atom. The Morgan fingerprint density at radius 1 is 1.27 bits per heavy atom. The van der Waals surface area contributed by atoms with Gasteiger partial charge in [-0.1, -0.05) is 23.8 Å². The van der Waals surface area contributed by atoms with Crippen LogP contribution in [-0.2, 0) is 4.74 Å². The first-order chi connectivity index (χ1) is 10.6. The number of aliphatic hydroxyl groups is 1. The molecular weight excluding hydrogens is 276 g/mol. The van der Waals surface area contributed by atoms with Crippen molar-refractivity contribution in [2.75, 3.05) is 50.8 Å². The highest BCUT2D eigenvalue weighted by Crippen LogP contribution is 2.22. The zero-order valence-corrected chi connectivity index (χ0v) is 13.8. The molecule has 1 saturated heterocycles. The smallest absolute Gasteiger partial charge is 0.0900 e. The van der Waals surface area contributed by atoms with Gasteiger partial charge in [-0.15, -0.1) is 6.58 Å². The normalized spacial score (nSPS) is 17.5. The van der Waals surface area contributed by atoms with Gasteiger partial charge in [-0.3, -0.25) is 4.90 Å². The second-order valence-corrected chi connectivity index (χ2v) is 6.06. The van der Waals surface area contributed by atoms with Crippen LogP contribution in [0.25, 0.3) is 0 Å². The van der Waals surface area contributed by atoms with Crippen LogP contribution in [0.1, 0.15) is 11.1 Å². The summed E-state index contributed by atoms with van der Waals surface area (Å²) in [4.78, 5) is 4.74. The van der Waals surface area contributed by atoms with E-state index in [2.05, 4.69) is 48.4 Å². The van der Waals surface area contributed by atoms with Crippen molar-refractivity contribution in [2.45, 2.75) is 20.0 Å². The zero-order chi connectivity index (χ0) is 15.9. The van der Waals surface area contributed by atoms with Crippen LogP contribution in [0, 0.1) is 13.8 Å². The molecule has 0 amide bonds. The molecule has 2 rings (SSSR count). The minimum Gasteiger partial charge on any atom is -0.389 e. The van der Waals surface area contributed by atoms with Crippen LogP contribution in [0.2, 0.25) is 0 Å². The predicted octanol–water partition coefficient (Wildman–Crippen LogP) is 1.99. The minimum absolute atomic E-state index is 0.378. The molecule has 0 saturated carbocycles. The Morgan fingerprint density at radius 3 is 2.64 bits per heavy atom. The third kappa shape index (κ3) is 4.83. The molecule has 22 heavy (non-hydrogen) atoms. The van der Waals surface area contributed by atoms with Crippen molar-refractivity contribution in [1.29, 1.82) is 0 Å². The molecular formula is C18H28N2O2. The van der Waals surface area contributed by atoms with E-state index in [0.717, 1.165) is 26.2 Å². The van der Waals surface area contributed by atoms with Gasteiger partial charge in [-0.2, -0.15) is 0 Å². The highest BCUT2D eigenvalue weighted by Gasteiger charge is 2.20. The van der Waals surface area contributed by atoms with Crippen LogP contribution >= 0.6 is 0 Å². The van der Waals surface area contributed by atoms with Gasteiger partial charge in [-0.25, -0.2) is 0 Å². The molecule has 1 unspecified atom stereocenters. The van der Waals surface area contributed by atoms with Crippen LogP contribution in [0.5, 0.6) is 0 Å². The lowest BCUT2D eigenvalue weighted by molar-refractivity contribution is 0.0252. The number of ether oxygens (including phenoxy) is 1. The van der Waals surface area contributed by atoms with E-state index < -0.39 is 6.10 Å². The maximum absolute atomic E-state index is 9.97. The van der Waals surface area contributed by atoms with Crippen LogP contribution in [0.15, 0.2) is 30.9 Å². The van der Waals surface area contributed by atoms with Gasteiger partial charge in [0.2, 0.25) is 0 Å². The summed E-state index contributed by atoms with van der Waals surface area (Å²) in [5, 5.41) is 9.97. The highest BCUT2D eigenvalue weighted by molar-refractivity contribution is 5.54. The van der Waals surface area contributed by atoms with E-state index in [1.54, 1.807) is 6.08 Å². The van der Waals surface area contributed by atoms with Gasteiger partial charge in [0.15, 0.2) is 0 Å². The third-order valence-corrected chi connectivity index (χ3v) is 4.08. The fourth-order valence-corrected chi connectivity index (χ4v) is 2.97. The van der Waals surface area contributed by atoms with Crippen molar-refractivity contribution in [2.24, 2.45) is 0 Å². The van der Waals surface area contributed by atoms with Gasteiger partial charge in [0.1, 0.15) is 0 Å². The molecule has 0 radical (unpaired) electrons. The standard InChI is InChI=1S/C18H28N2O2/c1-4-11-22-14-17(21)13-19-7-9-20(10-8-19)18-6-5-15(2)12-16(18)3/h4-6,12,17,21H,1,7-11,13-14H2,2-3H3. The minimum atomic E-state index is -0.424. The number of β-amino-alcohol motifs (C(OH)–C–C–N with tert-alkyl or cyclic N) is 1. The average Bonchev–Trinajstić information content (AvgIpc) is 2.49. The monoisotopic (exact) mass is 304 g/mol. The number of piperazine rings is 1. The summed E-state index contributed by atoms with van der Waals surface area (Å²) in [5.74, 6) is 0. The van der Waals surface area contributed by atoms with E-state index in [0.29, 0.717) is 19.8 Å². The summed E-state index contributed by atoms with van der Waals surface area (Å²) in [7, 11) is 0. The lowest BCUT2D eigenvalue weighted by Crippen LogP contribution is -2.49. The van der Waals surface area contributed by atoms with Gasteiger partial charge in [-0.05, 0) is 25.5 Å². The zero-order valence-electron chi connectivity index (χ0n) is 13.8. The SMILES string of the molecule is C=CCOCC(O)CN1CCN(c2ccc(C)cc2C)CC1. The molecule has 4 heteroatoms. The number of anilines is 1. The molecule has 1 heterocycles. The van der Waals surface area contributed by atoms with Crippen molar-refractivity contribution < 1.29 is 9.84 Å². The quantitative estimate of drug-likeness (QED) is 0.617. The number of benzene rings is 1. The summed E-state index contributed by atoms with van der Waals surface area (Å²) in [6.45, 7) is 13.4. The number of hydrogen-bond donors (Lipinski definition) is 1. The van der Waals surface area contributed by atoms with Crippen molar-refractivity contribution >= 4 is 5.69 Å². The van der Waals surface area contributed by atoms with Crippen molar-refractivity contribution in [3.63, 3.8) is 0 Å². The molecule has 1 aromatic carbocycles. The lowest BCUT2D eigenvalue weighted by atomic mass is 10.1. The number of aliphatic hydroxyl groups excluding tert-OH is 1. The third-order valence-electron chi connectivity index (χ3n) is 4.08. The van der Waals surface area contributed by atoms with E-state index in [1.807, 2.05) is 0 Å². The molecule has 1 N–H and O–H groups in total. The van der Waals surface area contributed by atoms with Crippen LogP contribution in [0.3, 0.4) is 0 Å². The topological polar surface area (TPSA) is 35.9 Å². The lowest BCUT2D eigenvalue weighted by Gasteiger charge is -2.37. The predicted molar refractivity (Wildman–Crippen MR) is 91.6 cm³/mol. The summed E-state index contributed by atoms with van der Waals surface area (Å²) in [5.41, 5.74) is 3.98. The first kappa shape index (κ1) is 17.0. The molecule has 0 aromatic heterocycles. The van der Waals surface area contributed by atoms with Gasteiger partial charge in [0, 0.05) is 38.4 Å². The first-order valence-electron chi connectivity index (χ1n) is 8.01. The maximum atomic E-state index is 9.97. The second kappa shape index (κ2) is 8.32. The molecule has 1 aromatic rings. The molecule has 0 aliphatic carbocycles. The highest BCUT2D eigenvalue weighted by atomic mass is 16.5. The number of hydrogen-bond acceptors (Lipinski definition) is 4. The number of rotatable bonds is 7. The number of nitrogens with zero attached hydrogens (tertiary/aromatic N) is 2. The Kier molecular flexibility index (Phi) is 6.43. The molecule has 0 bridgehead atoms. The summed E-state index contributed by atoms with van der Waals surface area (Å²) < 4.78 is 5.30. The summed E-state index contributed by atoms with van der Waals surface area (Å²) in [6, 6.07) is 6.64. The van der Waals surface area contributed by atoms with Gasteiger partial charge < -0.3 is 14.7 Å². The fraction of sp³-hybridized carbons (Fsp3) is 0.556. The first-order valence-corrected chi connectivity index (χ1v) is 8.01. The van der Waals surface area contributed by atoms with E-state index >= 15 is 0 Å². The van der Waals surface area contributed by atoms with Crippen molar-refractivity contribution in [3.05, 3.63) is 42.0 Å². The largest absolute Gasteiger partial charge is 0.389 e. The molecule has 1 aliphatic rings. The van der Waals surface area contributed by atoms with E-state index in [-0.39, 0.29) is 0 Å². The van der Waals surface area contributed by atoms with Gasteiger partial charge in [0.25, 0.3) is 0 Å². The van der Waals surface area contributed by atoms with Crippen molar-refractivity contribution in [1.82, 2.24) is 4.90 Å². The Bertz CT molecular complexity index is 482. The van der Waals surface area contributed by atoms with Crippen LogP contribution in [0.4, 0.5) is 5.69 Å². The Balaban J connectivity index is 1.79. The Hall–Kier alpha value is -1.36. The molecule has 1 atom stereocenters. The summed E-state index contributed by atoms with van der Waals surface area (Å²) in [6.07, 6.45) is 1.28. The molecule has 122 valence electrons. The Labute approximate surface area is 134 Å².